The van der Waals surface area contributed by atoms with E-state index in [-0.39, 0.29) is 23.8 Å². The fraction of sp³-hybridized carbons (Fsp3) is 0.579. The zero-order chi connectivity index (χ0) is 17.3. The standard InChI is InChI=1S/C19H26N2O3/c1-13(22)20-17-16(14-7-4-3-5-8-14)21(12-11-19(17,2)24)18(23)15-9-6-10-15/h3-5,7-8,15-17,24H,6,9-12H2,1-2H3,(H,20,22)/t16-,17-,19+/m0/s1. The number of nitrogens with zero attached hydrogens (tertiary/aromatic N) is 1. The normalized spacial score (nSPS) is 30.5. The van der Waals surface area contributed by atoms with Crippen molar-refractivity contribution in [1.82, 2.24) is 10.2 Å². The second-order valence-corrected chi connectivity index (χ2v) is 7.30. The summed E-state index contributed by atoms with van der Waals surface area (Å²) in [4.78, 5) is 26.5. The third-order valence-electron chi connectivity index (χ3n) is 5.42. The minimum atomic E-state index is -1.05. The van der Waals surface area contributed by atoms with Gasteiger partial charge in [-0.3, -0.25) is 9.59 Å². The molecule has 0 bridgehead atoms. The molecule has 5 nitrogen and oxygen atoms in total. The van der Waals surface area contributed by atoms with Gasteiger partial charge in [0.1, 0.15) is 0 Å². The first-order valence-electron chi connectivity index (χ1n) is 8.75. The van der Waals surface area contributed by atoms with Crippen molar-refractivity contribution in [3.05, 3.63) is 35.9 Å². The molecule has 2 aliphatic rings. The summed E-state index contributed by atoms with van der Waals surface area (Å²) in [5, 5.41) is 13.8. The lowest BCUT2D eigenvalue weighted by Crippen LogP contribution is -2.63. The second-order valence-electron chi connectivity index (χ2n) is 7.30. The Morgan fingerprint density at radius 2 is 1.92 bits per heavy atom. The first-order chi connectivity index (χ1) is 11.4. The molecule has 1 aliphatic heterocycles. The number of aliphatic hydroxyl groups is 1. The number of likely N-dealkylation sites (tertiary alicyclic amines) is 1. The molecule has 1 aliphatic carbocycles. The fourth-order valence-corrected chi connectivity index (χ4v) is 3.77. The van der Waals surface area contributed by atoms with Gasteiger partial charge >= 0.3 is 0 Å². The van der Waals surface area contributed by atoms with Gasteiger partial charge < -0.3 is 15.3 Å². The van der Waals surface area contributed by atoms with E-state index in [2.05, 4.69) is 5.32 Å². The van der Waals surface area contributed by atoms with Gasteiger partial charge in [0.05, 0.1) is 17.7 Å². The maximum absolute atomic E-state index is 12.9. The van der Waals surface area contributed by atoms with Crippen LogP contribution in [0.1, 0.15) is 51.1 Å². The van der Waals surface area contributed by atoms with E-state index in [0.29, 0.717) is 13.0 Å². The Morgan fingerprint density at radius 1 is 1.25 bits per heavy atom. The van der Waals surface area contributed by atoms with Gasteiger partial charge in [-0.25, -0.2) is 0 Å². The molecule has 1 saturated heterocycles. The number of rotatable bonds is 3. The van der Waals surface area contributed by atoms with Crippen LogP contribution in [0.2, 0.25) is 0 Å². The number of carbonyl (C=O) groups is 2. The van der Waals surface area contributed by atoms with Gasteiger partial charge in [-0.1, -0.05) is 36.8 Å². The van der Waals surface area contributed by atoms with Crippen LogP contribution in [0, 0.1) is 5.92 Å². The van der Waals surface area contributed by atoms with Crippen LogP contribution in [0.25, 0.3) is 0 Å². The molecule has 1 aromatic carbocycles. The predicted molar refractivity (Wildman–Crippen MR) is 91.1 cm³/mol. The fourth-order valence-electron chi connectivity index (χ4n) is 3.77. The van der Waals surface area contributed by atoms with Crippen LogP contribution in [-0.2, 0) is 9.59 Å². The summed E-state index contributed by atoms with van der Waals surface area (Å²) in [6.07, 6.45) is 3.45. The molecule has 2 fully saturated rings. The molecule has 1 heterocycles. The van der Waals surface area contributed by atoms with Crippen molar-refractivity contribution in [2.75, 3.05) is 6.54 Å². The summed E-state index contributed by atoms with van der Waals surface area (Å²) in [6, 6.07) is 8.84. The number of piperidine rings is 1. The first kappa shape index (κ1) is 17.0. The lowest BCUT2D eigenvalue weighted by Gasteiger charge is -2.50. The molecule has 2 amide bonds. The van der Waals surface area contributed by atoms with Crippen LogP contribution >= 0.6 is 0 Å². The molecule has 3 atom stereocenters. The maximum atomic E-state index is 12.9. The Kier molecular flexibility index (Phi) is 4.63. The van der Waals surface area contributed by atoms with Crippen LogP contribution in [0.3, 0.4) is 0 Å². The van der Waals surface area contributed by atoms with Gasteiger partial charge in [-0.05, 0) is 31.7 Å². The van der Waals surface area contributed by atoms with Crippen molar-refractivity contribution in [3.8, 4) is 0 Å². The van der Waals surface area contributed by atoms with E-state index in [1.54, 1.807) is 6.92 Å². The molecule has 1 aromatic rings. The van der Waals surface area contributed by atoms with Crippen molar-refractivity contribution in [1.29, 1.82) is 0 Å². The van der Waals surface area contributed by atoms with E-state index in [1.165, 1.54) is 6.92 Å². The monoisotopic (exact) mass is 330 g/mol. The van der Waals surface area contributed by atoms with Crippen molar-refractivity contribution in [2.24, 2.45) is 5.92 Å². The van der Waals surface area contributed by atoms with E-state index in [9.17, 15) is 14.7 Å². The zero-order valence-electron chi connectivity index (χ0n) is 14.4. The van der Waals surface area contributed by atoms with E-state index in [0.717, 1.165) is 24.8 Å². The summed E-state index contributed by atoms with van der Waals surface area (Å²) in [6.45, 7) is 3.71. The molecule has 0 aromatic heterocycles. The Morgan fingerprint density at radius 3 is 2.46 bits per heavy atom. The summed E-state index contributed by atoms with van der Waals surface area (Å²) >= 11 is 0. The highest BCUT2D eigenvalue weighted by atomic mass is 16.3. The Bertz CT molecular complexity index is 610. The maximum Gasteiger partial charge on any atom is 0.226 e. The molecule has 5 heteroatoms. The number of hydrogen-bond acceptors (Lipinski definition) is 3. The summed E-state index contributed by atoms with van der Waals surface area (Å²) < 4.78 is 0. The Labute approximate surface area is 143 Å². The molecule has 2 N–H and O–H groups in total. The Hall–Kier alpha value is -1.88. The van der Waals surface area contributed by atoms with Crippen molar-refractivity contribution >= 4 is 11.8 Å². The van der Waals surface area contributed by atoms with Crippen molar-refractivity contribution < 1.29 is 14.7 Å². The van der Waals surface area contributed by atoms with E-state index >= 15 is 0 Å². The van der Waals surface area contributed by atoms with E-state index in [1.807, 2.05) is 35.2 Å². The molecular formula is C19H26N2O3. The van der Waals surface area contributed by atoms with Crippen LogP contribution < -0.4 is 5.32 Å². The largest absolute Gasteiger partial charge is 0.388 e. The quantitative estimate of drug-likeness (QED) is 0.891. The SMILES string of the molecule is CC(=O)N[C@H]1[C@H](c2ccccc2)N(C(=O)C2CCC2)CC[C@@]1(C)O. The van der Waals surface area contributed by atoms with Gasteiger partial charge in [0, 0.05) is 19.4 Å². The first-order valence-corrected chi connectivity index (χ1v) is 8.75. The van der Waals surface area contributed by atoms with E-state index in [4.69, 9.17) is 0 Å². The molecule has 130 valence electrons. The van der Waals surface area contributed by atoms with Crippen LogP contribution in [0.4, 0.5) is 0 Å². The molecule has 24 heavy (non-hydrogen) atoms. The smallest absolute Gasteiger partial charge is 0.226 e. The average molecular weight is 330 g/mol. The highest BCUT2D eigenvalue weighted by Gasteiger charge is 2.48. The van der Waals surface area contributed by atoms with Crippen LogP contribution in [0.15, 0.2) is 30.3 Å². The predicted octanol–water partition coefficient (Wildman–Crippen LogP) is 2.02. The lowest BCUT2D eigenvalue weighted by atomic mass is 9.77. The molecule has 1 saturated carbocycles. The summed E-state index contributed by atoms with van der Waals surface area (Å²) in [5.74, 6) is 0.0531. The highest BCUT2D eigenvalue weighted by molar-refractivity contribution is 5.81. The number of nitrogens with one attached hydrogen (secondary N) is 1. The van der Waals surface area contributed by atoms with Crippen molar-refractivity contribution in [3.63, 3.8) is 0 Å². The van der Waals surface area contributed by atoms with Gasteiger partial charge in [0.2, 0.25) is 11.8 Å². The van der Waals surface area contributed by atoms with Crippen molar-refractivity contribution in [2.45, 2.75) is 57.2 Å². The number of hydrogen-bond donors (Lipinski definition) is 2. The summed E-state index contributed by atoms with van der Waals surface area (Å²) in [7, 11) is 0. The number of benzene rings is 1. The number of carbonyl (C=O) groups excluding carboxylic acids is 2. The van der Waals surface area contributed by atoms with Crippen LogP contribution in [0.5, 0.6) is 0 Å². The number of amides is 2. The minimum Gasteiger partial charge on any atom is -0.388 e. The third-order valence-corrected chi connectivity index (χ3v) is 5.42. The van der Waals surface area contributed by atoms with E-state index < -0.39 is 11.6 Å². The molecular weight excluding hydrogens is 304 g/mol. The van der Waals surface area contributed by atoms with Gasteiger partial charge in [-0.2, -0.15) is 0 Å². The Balaban J connectivity index is 1.98. The third kappa shape index (κ3) is 3.18. The van der Waals surface area contributed by atoms with Crippen LogP contribution in [-0.4, -0.2) is 40.0 Å². The average Bonchev–Trinajstić information content (AvgIpc) is 2.47. The molecule has 0 unspecified atom stereocenters. The topological polar surface area (TPSA) is 69.6 Å². The van der Waals surface area contributed by atoms with Gasteiger partial charge in [-0.15, -0.1) is 0 Å². The zero-order valence-corrected chi connectivity index (χ0v) is 14.4. The highest BCUT2D eigenvalue weighted by Crippen LogP contribution is 2.40. The van der Waals surface area contributed by atoms with Gasteiger partial charge in [0.15, 0.2) is 0 Å². The molecule has 0 radical (unpaired) electrons. The molecule has 0 spiro atoms. The second kappa shape index (κ2) is 6.55. The minimum absolute atomic E-state index is 0.0947. The lowest BCUT2D eigenvalue weighted by molar-refractivity contribution is -0.151. The summed E-state index contributed by atoms with van der Waals surface area (Å²) in [5.41, 5.74) is -0.105. The van der Waals surface area contributed by atoms with Gasteiger partial charge in [0.25, 0.3) is 0 Å². The molecule has 3 rings (SSSR count).